The number of aldehydes is 1. The van der Waals surface area contributed by atoms with Gasteiger partial charge in [-0.1, -0.05) is 6.07 Å². The number of ether oxygens (including phenoxy) is 1. The highest BCUT2D eigenvalue weighted by Gasteiger charge is 1.94. The average Bonchev–Trinajstić information content (AvgIpc) is 2.15. The fraction of sp³-hybridized carbons (Fsp3) is 0.125. The van der Waals surface area contributed by atoms with Gasteiger partial charge in [0.05, 0.1) is 0 Å². The fourth-order valence-electron chi connectivity index (χ4n) is 0.768. The minimum absolute atomic E-state index is 0.0820. The van der Waals surface area contributed by atoms with Gasteiger partial charge in [0.25, 0.3) is 0 Å². The Balaban J connectivity index is 2.65. The van der Waals surface area contributed by atoms with Crippen LogP contribution in [0.15, 0.2) is 29.2 Å². The summed E-state index contributed by atoms with van der Waals surface area (Å²) >= 11 is 1.15. The molecule has 0 fully saturated rings. The van der Waals surface area contributed by atoms with Crippen molar-refractivity contribution < 1.29 is 9.53 Å². The Hall–Kier alpha value is -1.00. The van der Waals surface area contributed by atoms with Crippen molar-refractivity contribution in [3.05, 3.63) is 24.3 Å². The number of carbonyl (C=O) groups is 1. The largest absolute Gasteiger partial charge is 0.486 e. The van der Waals surface area contributed by atoms with E-state index in [1.807, 2.05) is 12.1 Å². The molecule has 0 saturated carbocycles. The molecule has 0 atom stereocenters. The van der Waals surface area contributed by atoms with Gasteiger partial charge in [-0.25, -0.2) is 0 Å². The molecule has 0 aliphatic rings. The van der Waals surface area contributed by atoms with E-state index in [-0.39, 0.29) is 6.61 Å². The molecule has 1 rings (SSSR count). The average molecular weight is 183 g/mol. The van der Waals surface area contributed by atoms with Gasteiger partial charge in [0, 0.05) is 4.90 Å². The maximum absolute atomic E-state index is 9.98. The van der Waals surface area contributed by atoms with E-state index < -0.39 is 0 Å². The van der Waals surface area contributed by atoms with Gasteiger partial charge in [0.15, 0.2) is 6.29 Å². The van der Waals surface area contributed by atoms with Crippen molar-refractivity contribution in [2.75, 3.05) is 6.61 Å². The van der Waals surface area contributed by atoms with Crippen LogP contribution in [0, 0.1) is 0 Å². The summed E-state index contributed by atoms with van der Waals surface area (Å²) in [7, 11) is 0. The molecule has 1 aromatic rings. The molecule has 0 unspecified atom stereocenters. The smallest absolute Gasteiger partial charge is 0.157 e. The van der Waals surface area contributed by atoms with Gasteiger partial charge in [-0.3, -0.25) is 9.93 Å². The molecule has 1 aromatic carbocycles. The van der Waals surface area contributed by atoms with Crippen molar-refractivity contribution >= 4 is 18.2 Å². The van der Waals surface area contributed by atoms with Crippen LogP contribution in [0.25, 0.3) is 0 Å². The van der Waals surface area contributed by atoms with Gasteiger partial charge in [-0.15, -0.1) is 0 Å². The normalized spacial score (nSPS) is 9.42. The minimum atomic E-state index is 0.0820. The van der Waals surface area contributed by atoms with Crippen LogP contribution in [0.1, 0.15) is 0 Å². The van der Waals surface area contributed by atoms with E-state index >= 15 is 0 Å². The van der Waals surface area contributed by atoms with E-state index in [9.17, 15) is 4.79 Å². The van der Waals surface area contributed by atoms with Crippen LogP contribution >= 0.6 is 11.9 Å². The summed E-state index contributed by atoms with van der Waals surface area (Å²) in [5.41, 5.74) is 0. The standard InChI is InChI=1S/C8H9NO2S/c9-12-8-3-1-2-7(6-8)11-5-4-10/h1-4,6H,5,9H2. The molecule has 0 aliphatic heterocycles. The Morgan fingerprint density at radius 2 is 2.42 bits per heavy atom. The lowest BCUT2D eigenvalue weighted by atomic mass is 10.3. The molecule has 0 spiro atoms. The molecule has 0 saturated heterocycles. The second-order valence-corrected chi connectivity index (χ2v) is 2.78. The predicted octanol–water partition coefficient (Wildman–Crippen LogP) is 1.23. The zero-order valence-electron chi connectivity index (χ0n) is 6.40. The van der Waals surface area contributed by atoms with Crippen molar-refractivity contribution in [2.24, 2.45) is 5.14 Å². The lowest BCUT2D eigenvalue weighted by Crippen LogP contribution is -1.97. The summed E-state index contributed by atoms with van der Waals surface area (Å²) in [6.07, 6.45) is 0.711. The van der Waals surface area contributed by atoms with E-state index in [1.54, 1.807) is 12.1 Å². The van der Waals surface area contributed by atoms with E-state index in [0.29, 0.717) is 12.0 Å². The number of carbonyl (C=O) groups excluding carboxylic acids is 1. The first-order valence-corrected chi connectivity index (χ1v) is 4.28. The van der Waals surface area contributed by atoms with Crippen molar-refractivity contribution in [3.8, 4) is 5.75 Å². The molecule has 64 valence electrons. The van der Waals surface area contributed by atoms with Crippen molar-refractivity contribution in [3.63, 3.8) is 0 Å². The van der Waals surface area contributed by atoms with E-state index in [4.69, 9.17) is 9.88 Å². The summed E-state index contributed by atoms with van der Waals surface area (Å²) in [4.78, 5) is 10.9. The van der Waals surface area contributed by atoms with E-state index in [2.05, 4.69) is 0 Å². The number of nitrogens with two attached hydrogens (primary N) is 1. The molecule has 0 amide bonds. The lowest BCUT2D eigenvalue weighted by Gasteiger charge is -2.02. The highest BCUT2D eigenvalue weighted by molar-refractivity contribution is 7.97. The third-order valence-corrected chi connectivity index (χ3v) is 1.79. The Kier molecular flexibility index (Phi) is 3.63. The van der Waals surface area contributed by atoms with Gasteiger partial charge in [-0.2, -0.15) is 0 Å². The maximum atomic E-state index is 9.98. The van der Waals surface area contributed by atoms with Gasteiger partial charge in [-0.05, 0) is 30.1 Å². The van der Waals surface area contributed by atoms with Crippen LogP contribution in [0.5, 0.6) is 5.75 Å². The molecular weight excluding hydrogens is 174 g/mol. The monoisotopic (exact) mass is 183 g/mol. The van der Waals surface area contributed by atoms with Crippen LogP contribution < -0.4 is 9.88 Å². The van der Waals surface area contributed by atoms with E-state index in [1.165, 1.54) is 0 Å². The van der Waals surface area contributed by atoms with Crippen LogP contribution in [-0.4, -0.2) is 12.9 Å². The first kappa shape index (κ1) is 9.09. The van der Waals surface area contributed by atoms with Crippen molar-refractivity contribution in [1.82, 2.24) is 0 Å². The summed E-state index contributed by atoms with van der Waals surface area (Å²) < 4.78 is 5.06. The predicted molar refractivity (Wildman–Crippen MR) is 48.0 cm³/mol. The van der Waals surface area contributed by atoms with Gasteiger partial charge >= 0.3 is 0 Å². The highest BCUT2D eigenvalue weighted by atomic mass is 32.2. The third kappa shape index (κ3) is 2.56. The lowest BCUT2D eigenvalue weighted by molar-refractivity contribution is -0.109. The Labute approximate surface area is 75.0 Å². The Morgan fingerprint density at radius 3 is 3.08 bits per heavy atom. The number of rotatable bonds is 4. The topological polar surface area (TPSA) is 52.3 Å². The van der Waals surface area contributed by atoms with Crippen molar-refractivity contribution in [1.29, 1.82) is 0 Å². The Bertz CT molecular complexity index is 265. The molecule has 3 nitrogen and oxygen atoms in total. The zero-order valence-corrected chi connectivity index (χ0v) is 7.21. The van der Waals surface area contributed by atoms with Crippen LogP contribution in [0.4, 0.5) is 0 Å². The van der Waals surface area contributed by atoms with Gasteiger partial charge in [0.2, 0.25) is 0 Å². The minimum Gasteiger partial charge on any atom is -0.486 e. The third-order valence-electron chi connectivity index (χ3n) is 1.26. The second-order valence-electron chi connectivity index (χ2n) is 2.07. The SMILES string of the molecule is NSc1cccc(OCC=O)c1. The molecule has 0 radical (unpaired) electrons. The number of hydrogen-bond donors (Lipinski definition) is 1. The molecule has 4 heteroatoms. The molecule has 12 heavy (non-hydrogen) atoms. The van der Waals surface area contributed by atoms with E-state index in [0.717, 1.165) is 16.8 Å². The summed E-state index contributed by atoms with van der Waals surface area (Å²) in [5, 5.41) is 5.34. The molecular formula is C8H9NO2S. The molecule has 0 heterocycles. The summed E-state index contributed by atoms with van der Waals surface area (Å²) in [5.74, 6) is 0.664. The Morgan fingerprint density at radius 1 is 1.58 bits per heavy atom. The van der Waals surface area contributed by atoms with Crippen LogP contribution in [-0.2, 0) is 4.79 Å². The van der Waals surface area contributed by atoms with Crippen LogP contribution in [0.3, 0.4) is 0 Å². The number of hydrogen-bond acceptors (Lipinski definition) is 4. The first-order valence-electron chi connectivity index (χ1n) is 3.40. The number of benzene rings is 1. The van der Waals surface area contributed by atoms with Crippen molar-refractivity contribution in [2.45, 2.75) is 4.90 Å². The summed E-state index contributed by atoms with van der Waals surface area (Å²) in [6, 6.07) is 7.27. The first-order chi connectivity index (χ1) is 5.86. The maximum Gasteiger partial charge on any atom is 0.157 e. The van der Waals surface area contributed by atoms with Gasteiger partial charge in [0.1, 0.15) is 12.4 Å². The molecule has 2 N–H and O–H groups in total. The molecule has 0 bridgehead atoms. The fourth-order valence-corrected chi connectivity index (χ4v) is 1.11. The van der Waals surface area contributed by atoms with Gasteiger partial charge < -0.3 is 4.74 Å². The molecule has 0 aromatic heterocycles. The zero-order chi connectivity index (χ0) is 8.81. The second kappa shape index (κ2) is 4.79. The molecule has 0 aliphatic carbocycles. The quantitative estimate of drug-likeness (QED) is 0.563. The highest BCUT2D eigenvalue weighted by Crippen LogP contribution is 2.18. The summed E-state index contributed by atoms with van der Waals surface area (Å²) in [6.45, 7) is 0.0820. The van der Waals surface area contributed by atoms with Crippen LogP contribution in [0.2, 0.25) is 0 Å².